The van der Waals surface area contributed by atoms with Gasteiger partial charge >= 0.3 is 0 Å². The number of nitrogens with one attached hydrogen (secondary N) is 2. The Kier molecular flexibility index (Phi) is 10.1. The minimum atomic E-state index is 0. The Bertz CT molecular complexity index is 458. The highest BCUT2D eigenvalue weighted by atomic mass is 127. The molecule has 1 aliphatic rings. The molecule has 0 unspecified atom stereocenters. The van der Waals surface area contributed by atoms with Gasteiger partial charge in [-0.25, -0.2) is 0 Å². The molecule has 23 heavy (non-hydrogen) atoms. The number of nitrogens with zero attached hydrogens (tertiary/aromatic N) is 1. The van der Waals surface area contributed by atoms with E-state index in [0.717, 1.165) is 43.7 Å². The maximum absolute atomic E-state index is 5.18. The second kappa shape index (κ2) is 11.5. The van der Waals surface area contributed by atoms with Gasteiger partial charge in [0.25, 0.3) is 0 Å². The Hall–Kier alpha value is -0.980. The minimum Gasteiger partial charge on any atom is -0.497 e. The zero-order valence-corrected chi connectivity index (χ0v) is 16.6. The largest absolute Gasteiger partial charge is 0.497 e. The van der Waals surface area contributed by atoms with E-state index in [4.69, 9.17) is 4.74 Å². The molecule has 0 heterocycles. The van der Waals surface area contributed by atoms with Gasteiger partial charge in [-0.2, -0.15) is 0 Å². The summed E-state index contributed by atoms with van der Waals surface area (Å²) in [5.74, 6) is 2.84. The van der Waals surface area contributed by atoms with E-state index >= 15 is 0 Å². The van der Waals surface area contributed by atoms with E-state index in [0.29, 0.717) is 0 Å². The van der Waals surface area contributed by atoms with E-state index in [1.165, 1.54) is 31.2 Å². The third-order valence-electron chi connectivity index (χ3n) is 3.95. The van der Waals surface area contributed by atoms with E-state index < -0.39 is 0 Å². The predicted molar refractivity (Wildman–Crippen MR) is 108 cm³/mol. The third kappa shape index (κ3) is 8.44. The highest BCUT2D eigenvalue weighted by Crippen LogP contribution is 2.33. The Balaban J connectivity index is 0.00000264. The quantitative estimate of drug-likeness (QED) is 0.272. The van der Waals surface area contributed by atoms with Gasteiger partial charge in [0.15, 0.2) is 5.96 Å². The van der Waals surface area contributed by atoms with Crippen LogP contribution in [0, 0.1) is 5.92 Å². The molecule has 0 aromatic heterocycles. The molecule has 2 rings (SSSR count). The highest BCUT2D eigenvalue weighted by Gasteiger charge is 2.19. The number of ether oxygens (including phenoxy) is 1. The first kappa shape index (κ1) is 20.1. The fraction of sp³-hybridized carbons (Fsp3) is 0.611. The van der Waals surface area contributed by atoms with Gasteiger partial charge in [-0.05, 0) is 49.8 Å². The van der Waals surface area contributed by atoms with Crippen LogP contribution in [0.25, 0.3) is 0 Å². The maximum atomic E-state index is 5.18. The lowest BCUT2D eigenvalue weighted by Gasteiger charge is -2.11. The van der Waals surface area contributed by atoms with Gasteiger partial charge in [0.2, 0.25) is 0 Å². The number of methoxy groups -OCH3 is 1. The van der Waals surface area contributed by atoms with Gasteiger partial charge in [0.1, 0.15) is 5.75 Å². The van der Waals surface area contributed by atoms with Crippen LogP contribution in [0.4, 0.5) is 0 Å². The SMILES string of the molecule is CCNC(=NCCCC1CC1)NCCc1ccc(OC)cc1.I. The summed E-state index contributed by atoms with van der Waals surface area (Å²) in [6.45, 7) is 4.82. The van der Waals surface area contributed by atoms with Crippen molar-refractivity contribution in [2.24, 2.45) is 10.9 Å². The second-order valence-corrected chi connectivity index (χ2v) is 5.87. The summed E-state index contributed by atoms with van der Waals surface area (Å²) in [6.07, 6.45) is 6.40. The van der Waals surface area contributed by atoms with Crippen molar-refractivity contribution in [2.75, 3.05) is 26.7 Å². The molecule has 1 aromatic carbocycles. The third-order valence-corrected chi connectivity index (χ3v) is 3.95. The molecule has 0 radical (unpaired) electrons. The first-order chi connectivity index (χ1) is 10.8. The molecule has 1 fully saturated rings. The number of hydrogen-bond acceptors (Lipinski definition) is 2. The molecular weight excluding hydrogens is 401 g/mol. The summed E-state index contributed by atoms with van der Waals surface area (Å²) in [5.41, 5.74) is 1.30. The van der Waals surface area contributed by atoms with Crippen molar-refractivity contribution in [3.05, 3.63) is 29.8 Å². The predicted octanol–water partition coefficient (Wildman–Crippen LogP) is 3.60. The van der Waals surface area contributed by atoms with E-state index in [2.05, 4.69) is 34.7 Å². The summed E-state index contributed by atoms with van der Waals surface area (Å²) in [4.78, 5) is 4.65. The van der Waals surface area contributed by atoms with Crippen molar-refractivity contribution in [3.8, 4) is 5.75 Å². The molecule has 130 valence electrons. The first-order valence-electron chi connectivity index (χ1n) is 8.47. The zero-order valence-electron chi connectivity index (χ0n) is 14.3. The van der Waals surface area contributed by atoms with Crippen LogP contribution in [0.3, 0.4) is 0 Å². The molecule has 0 atom stereocenters. The summed E-state index contributed by atoms with van der Waals surface area (Å²) >= 11 is 0. The summed E-state index contributed by atoms with van der Waals surface area (Å²) in [5, 5.41) is 6.72. The van der Waals surface area contributed by atoms with E-state index in [1.807, 2.05) is 12.1 Å². The average Bonchev–Trinajstić information content (AvgIpc) is 3.36. The van der Waals surface area contributed by atoms with E-state index in [1.54, 1.807) is 7.11 Å². The van der Waals surface area contributed by atoms with Crippen LogP contribution < -0.4 is 15.4 Å². The lowest BCUT2D eigenvalue weighted by Crippen LogP contribution is -2.38. The van der Waals surface area contributed by atoms with Gasteiger partial charge < -0.3 is 15.4 Å². The molecule has 0 bridgehead atoms. The van der Waals surface area contributed by atoms with Gasteiger partial charge in [-0.15, -0.1) is 24.0 Å². The number of rotatable bonds is 9. The fourth-order valence-electron chi connectivity index (χ4n) is 2.44. The van der Waals surface area contributed by atoms with Gasteiger partial charge in [0.05, 0.1) is 7.11 Å². The van der Waals surface area contributed by atoms with Gasteiger partial charge in [-0.1, -0.05) is 25.0 Å². The summed E-state index contributed by atoms with van der Waals surface area (Å²) < 4.78 is 5.18. The average molecular weight is 431 g/mol. The molecule has 0 saturated heterocycles. The zero-order chi connectivity index (χ0) is 15.6. The van der Waals surface area contributed by atoms with Gasteiger partial charge in [0, 0.05) is 19.6 Å². The molecule has 0 spiro atoms. The monoisotopic (exact) mass is 431 g/mol. The topological polar surface area (TPSA) is 45.7 Å². The number of aliphatic imine (C=N–C) groups is 1. The molecule has 1 aliphatic carbocycles. The fourth-order valence-corrected chi connectivity index (χ4v) is 2.44. The summed E-state index contributed by atoms with van der Waals surface area (Å²) in [7, 11) is 1.69. The van der Waals surface area contributed by atoms with E-state index in [-0.39, 0.29) is 24.0 Å². The van der Waals surface area contributed by atoms with E-state index in [9.17, 15) is 0 Å². The lowest BCUT2D eigenvalue weighted by atomic mass is 10.1. The minimum absolute atomic E-state index is 0. The van der Waals surface area contributed by atoms with Crippen LogP contribution in [-0.4, -0.2) is 32.7 Å². The molecular formula is C18H30IN3O. The molecule has 1 aromatic rings. The van der Waals surface area contributed by atoms with Crippen molar-refractivity contribution in [2.45, 2.75) is 39.0 Å². The second-order valence-electron chi connectivity index (χ2n) is 5.87. The number of guanidine groups is 1. The van der Waals surface area contributed by atoms with Crippen molar-refractivity contribution < 1.29 is 4.74 Å². The molecule has 0 amide bonds. The number of benzene rings is 1. The number of halogens is 1. The standard InChI is InChI=1S/C18H29N3O.HI/c1-3-19-18(20-13-4-5-15-6-7-15)21-14-12-16-8-10-17(22-2)11-9-16;/h8-11,15H,3-7,12-14H2,1-2H3,(H2,19,20,21);1H. The van der Waals surface area contributed by atoms with Crippen LogP contribution in [-0.2, 0) is 6.42 Å². The Morgan fingerprint density at radius 3 is 2.57 bits per heavy atom. The number of hydrogen-bond donors (Lipinski definition) is 2. The molecule has 1 saturated carbocycles. The first-order valence-corrected chi connectivity index (χ1v) is 8.47. The Labute approximate surface area is 157 Å². The smallest absolute Gasteiger partial charge is 0.191 e. The van der Waals surface area contributed by atoms with Crippen LogP contribution in [0.1, 0.15) is 38.2 Å². The van der Waals surface area contributed by atoms with Crippen LogP contribution in [0.2, 0.25) is 0 Å². The molecule has 0 aliphatic heterocycles. The van der Waals surface area contributed by atoms with Crippen molar-refractivity contribution in [1.29, 1.82) is 0 Å². The van der Waals surface area contributed by atoms with Crippen LogP contribution >= 0.6 is 24.0 Å². The van der Waals surface area contributed by atoms with Crippen molar-refractivity contribution in [3.63, 3.8) is 0 Å². The Morgan fingerprint density at radius 1 is 1.22 bits per heavy atom. The maximum Gasteiger partial charge on any atom is 0.191 e. The normalized spacial score (nSPS) is 14.1. The Morgan fingerprint density at radius 2 is 1.96 bits per heavy atom. The molecule has 2 N–H and O–H groups in total. The lowest BCUT2D eigenvalue weighted by molar-refractivity contribution is 0.414. The summed E-state index contributed by atoms with van der Waals surface area (Å²) in [6, 6.07) is 8.24. The molecule has 4 nitrogen and oxygen atoms in total. The van der Waals surface area contributed by atoms with Crippen LogP contribution in [0.15, 0.2) is 29.3 Å². The van der Waals surface area contributed by atoms with Crippen LogP contribution in [0.5, 0.6) is 5.75 Å². The van der Waals surface area contributed by atoms with Gasteiger partial charge in [-0.3, -0.25) is 4.99 Å². The van der Waals surface area contributed by atoms with Crippen molar-refractivity contribution >= 4 is 29.9 Å². The van der Waals surface area contributed by atoms with Crippen molar-refractivity contribution in [1.82, 2.24) is 10.6 Å². The molecule has 5 heteroatoms. The highest BCUT2D eigenvalue weighted by molar-refractivity contribution is 14.0.